The summed E-state index contributed by atoms with van der Waals surface area (Å²) >= 11 is 12.7. The van der Waals surface area contributed by atoms with E-state index in [-0.39, 0.29) is 5.76 Å². The number of hydrazone groups is 1. The van der Waals surface area contributed by atoms with Gasteiger partial charge in [-0.15, -0.1) is 0 Å². The summed E-state index contributed by atoms with van der Waals surface area (Å²) in [5, 5.41) is 5.32. The van der Waals surface area contributed by atoms with Gasteiger partial charge in [0.25, 0.3) is 0 Å². The normalized spacial score (nSPS) is 11.3. The van der Waals surface area contributed by atoms with Gasteiger partial charge in [-0.05, 0) is 51.8 Å². The third-order valence-electron chi connectivity index (χ3n) is 2.99. The fourth-order valence-corrected chi connectivity index (χ4v) is 3.53. The molecule has 23 heavy (non-hydrogen) atoms. The molecule has 0 saturated carbocycles. The van der Waals surface area contributed by atoms with E-state index < -0.39 is 5.91 Å². The summed E-state index contributed by atoms with van der Waals surface area (Å²) in [7, 11) is 0. The highest BCUT2D eigenvalue weighted by molar-refractivity contribution is 9.11. The minimum absolute atomic E-state index is 0.182. The van der Waals surface area contributed by atoms with Crippen LogP contribution < -0.4 is 5.43 Å². The maximum Gasteiger partial charge on any atom is 0.307 e. The van der Waals surface area contributed by atoms with E-state index in [0.717, 1.165) is 19.9 Å². The first-order valence-electron chi connectivity index (χ1n) is 6.50. The lowest BCUT2D eigenvalue weighted by atomic mass is 10.2. The first kappa shape index (κ1) is 16.2. The van der Waals surface area contributed by atoms with Crippen LogP contribution in [-0.4, -0.2) is 12.1 Å². The predicted molar refractivity (Wildman–Crippen MR) is 98.1 cm³/mol. The van der Waals surface area contributed by atoms with Crippen molar-refractivity contribution >= 4 is 66.6 Å². The van der Waals surface area contributed by atoms with Crippen LogP contribution in [-0.2, 0) is 0 Å². The number of hydrogen-bond donors (Lipinski definition) is 1. The molecule has 1 aromatic heterocycles. The van der Waals surface area contributed by atoms with Crippen LogP contribution in [0.5, 0.6) is 0 Å². The highest BCUT2D eigenvalue weighted by atomic mass is 79.9. The number of fused-ring (bicyclic) bond motifs is 1. The largest absolute Gasteiger partial charge is 0.450 e. The molecular weight excluding hydrogens is 447 g/mol. The first-order chi connectivity index (χ1) is 11.0. The Morgan fingerprint density at radius 1 is 1.22 bits per heavy atom. The van der Waals surface area contributed by atoms with E-state index in [4.69, 9.17) is 16.0 Å². The van der Waals surface area contributed by atoms with Gasteiger partial charge in [-0.2, -0.15) is 5.10 Å². The maximum absolute atomic E-state index is 12.1. The lowest BCUT2D eigenvalue weighted by Crippen LogP contribution is -2.16. The second-order valence-electron chi connectivity index (χ2n) is 4.67. The third-order valence-corrected chi connectivity index (χ3v) is 4.27. The first-order valence-corrected chi connectivity index (χ1v) is 8.47. The van der Waals surface area contributed by atoms with E-state index in [1.54, 1.807) is 24.3 Å². The molecule has 1 N–H and O–H groups in total. The van der Waals surface area contributed by atoms with Gasteiger partial charge in [-0.3, -0.25) is 4.79 Å². The molecule has 1 amide bonds. The Labute approximate surface area is 153 Å². The molecule has 0 aliphatic heterocycles. The number of nitrogens with zero attached hydrogens (tertiary/aromatic N) is 1. The lowest BCUT2D eigenvalue weighted by molar-refractivity contribution is 0.0929. The number of rotatable bonds is 3. The van der Waals surface area contributed by atoms with Crippen molar-refractivity contribution in [3.63, 3.8) is 0 Å². The van der Waals surface area contributed by atoms with Crippen molar-refractivity contribution in [3.8, 4) is 0 Å². The summed E-state index contributed by atoms with van der Waals surface area (Å²) in [6.07, 6.45) is 1.51. The number of benzene rings is 2. The SMILES string of the molecule is O=C(N/N=C\c1cccc(Cl)c1)c1cc2cc(Br)cc(Br)c2o1. The minimum atomic E-state index is -0.428. The average Bonchev–Trinajstić information content (AvgIpc) is 2.91. The van der Waals surface area contributed by atoms with Gasteiger partial charge in [0.2, 0.25) is 0 Å². The molecule has 0 atom stereocenters. The van der Waals surface area contributed by atoms with Crippen molar-refractivity contribution in [2.75, 3.05) is 0 Å². The Morgan fingerprint density at radius 3 is 2.83 bits per heavy atom. The molecule has 0 fully saturated rings. The third kappa shape index (κ3) is 3.83. The zero-order chi connectivity index (χ0) is 16.4. The monoisotopic (exact) mass is 454 g/mol. The second kappa shape index (κ2) is 6.86. The molecule has 0 saturated heterocycles. The summed E-state index contributed by atoms with van der Waals surface area (Å²) in [6.45, 7) is 0. The highest BCUT2D eigenvalue weighted by Crippen LogP contribution is 2.30. The van der Waals surface area contributed by atoms with Crippen molar-refractivity contribution in [2.45, 2.75) is 0 Å². The number of amides is 1. The van der Waals surface area contributed by atoms with Gasteiger partial charge >= 0.3 is 5.91 Å². The Hall–Kier alpha value is -1.63. The lowest BCUT2D eigenvalue weighted by Gasteiger charge is -1.96. The van der Waals surface area contributed by atoms with E-state index in [1.807, 2.05) is 18.2 Å². The van der Waals surface area contributed by atoms with Crippen LogP contribution in [0.15, 0.2) is 60.9 Å². The molecule has 3 aromatic rings. The molecule has 0 bridgehead atoms. The van der Waals surface area contributed by atoms with Gasteiger partial charge in [0.1, 0.15) is 5.58 Å². The summed E-state index contributed by atoms with van der Waals surface area (Å²) in [4.78, 5) is 12.1. The second-order valence-corrected chi connectivity index (χ2v) is 6.88. The van der Waals surface area contributed by atoms with Gasteiger partial charge < -0.3 is 4.42 Å². The van der Waals surface area contributed by atoms with Crippen molar-refractivity contribution < 1.29 is 9.21 Å². The summed E-state index contributed by atoms with van der Waals surface area (Å²) in [5.41, 5.74) is 3.82. The number of halogens is 3. The van der Waals surface area contributed by atoms with Crippen LogP contribution in [0.4, 0.5) is 0 Å². The van der Waals surface area contributed by atoms with E-state index >= 15 is 0 Å². The summed E-state index contributed by atoms with van der Waals surface area (Å²) in [6, 6.07) is 12.5. The van der Waals surface area contributed by atoms with Crippen molar-refractivity contribution in [1.29, 1.82) is 0 Å². The Kier molecular flexibility index (Phi) is 4.84. The number of nitrogens with one attached hydrogen (secondary N) is 1. The average molecular weight is 457 g/mol. The molecular formula is C16H9Br2ClN2O2. The van der Waals surface area contributed by atoms with Gasteiger partial charge in [0.05, 0.1) is 10.7 Å². The van der Waals surface area contributed by atoms with Gasteiger partial charge in [0.15, 0.2) is 5.76 Å². The minimum Gasteiger partial charge on any atom is -0.450 e. The van der Waals surface area contributed by atoms with Crippen molar-refractivity contribution in [1.82, 2.24) is 5.43 Å². The Morgan fingerprint density at radius 2 is 2.04 bits per heavy atom. The van der Waals surface area contributed by atoms with Crippen LogP contribution in [0.25, 0.3) is 11.0 Å². The number of hydrogen-bond acceptors (Lipinski definition) is 3. The molecule has 7 heteroatoms. The fraction of sp³-hybridized carbons (Fsp3) is 0. The summed E-state index contributed by atoms with van der Waals surface area (Å²) < 4.78 is 7.22. The Balaban J connectivity index is 1.77. The predicted octanol–water partition coefficient (Wildman–Crippen LogP) is 5.38. The maximum atomic E-state index is 12.1. The van der Waals surface area contributed by atoms with E-state index in [1.165, 1.54) is 6.21 Å². The zero-order valence-corrected chi connectivity index (χ0v) is 15.4. The fourth-order valence-electron chi connectivity index (χ4n) is 2.00. The highest BCUT2D eigenvalue weighted by Gasteiger charge is 2.14. The van der Waals surface area contributed by atoms with Crippen molar-refractivity contribution in [2.24, 2.45) is 5.10 Å². The number of carbonyl (C=O) groups excluding carboxylic acids is 1. The van der Waals surface area contributed by atoms with Gasteiger partial charge in [-0.1, -0.05) is 39.7 Å². The van der Waals surface area contributed by atoms with E-state index in [0.29, 0.717) is 10.6 Å². The molecule has 1 heterocycles. The topological polar surface area (TPSA) is 54.6 Å². The van der Waals surface area contributed by atoms with Crippen LogP contribution in [0.2, 0.25) is 5.02 Å². The van der Waals surface area contributed by atoms with Crippen molar-refractivity contribution in [3.05, 3.63) is 67.8 Å². The number of furan rings is 1. The van der Waals surface area contributed by atoms with Crippen LogP contribution >= 0.6 is 43.5 Å². The summed E-state index contributed by atoms with van der Waals surface area (Å²) in [5.74, 6) is -0.246. The molecule has 2 aromatic carbocycles. The standard InChI is InChI=1S/C16H9Br2ClN2O2/c17-11-5-10-6-14(23-15(10)13(18)7-11)16(22)21-20-8-9-2-1-3-12(19)4-9/h1-8H,(H,21,22)/b20-8-. The molecule has 0 aliphatic carbocycles. The Bertz CT molecular complexity index is 922. The van der Waals surface area contributed by atoms with Gasteiger partial charge in [-0.25, -0.2) is 5.43 Å². The zero-order valence-electron chi connectivity index (χ0n) is 11.5. The molecule has 0 radical (unpaired) electrons. The molecule has 116 valence electrons. The molecule has 3 rings (SSSR count). The molecule has 0 aliphatic rings. The van der Waals surface area contributed by atoms with Gasteiger partial charge in [0, 0.05) is 14.9 Å². The smallest absolute Gasteiger partial charge is 0.307 e. The molecule has 0 spiro atoms. The van der Waals surface area contributed by atoms with Crippen LogP contribution in [0.3, 0.4) is 0 Å². The number of carbonyl (C=O) groups is 1. The van der Waals surface area contributed by atoms with Crippen LogP contribution in [0.1, 0.15) is 16.1 Å². The molecule has 4 nitrogen and oxygen atoms in total. The van der Waals surface area contributed by atoms with E-state index in [2.05, 4.69) is 42.4 Å². The van der Waals surface area contributed by atoms with E-state index in [9.17, 15) is 4.79 Å². The molecule has 0 unspecified atom stereocenters. The van der Waals surface area contributed by atoms with Crippen LogP contribution in [0, 0.1) is 0 Å². The quantitative estimate of drug-likeness (QED) is 0.425.